The van der Waals surface area contributed by atoms with Gasteiger partial charge in [-0.2, -0.15) is 0 Å². The maximum atomic E-state index is 12.9. The fourth-order valence-electron chi connectivity index (χ4n) is 4.00. The number of hydrogen-bond donors (Lipinski definition) is 3. The number of aromatic hydroxyl groups is 2. The maximum Gasteiger partial charge on any atom is 0.269 e. The number of hydrogen-bond acceptors (Lipinski definition) is 5. The van der Waals surface area contributed by atoms with Crippen molar-refractivity contribution in [2.24, 2.45) is 5.84 Å². The van der Waals surface area contributed by atoms with Crippen molar-refractivity contribution >= 4 is 5.91 Å². The molecule has 2 heterocycles. The van der Waals surface area contributed by atoms with Gasteiger partial charge in [-0.15, -0.1) is 0 Å². The Morgan fingerprint density at radius 3 is 1.96 bits per heavy atom. The number of hydrazine groups is 1. The zero-order valence-electron chi connectivity index (χ0n) is 15.5. The van der Waals surface area contributed by atoms with Crippen LogP contribution in [0.2, 0.25) is 0 Å². The standard InChI is InChI=1S/C20H14N2O4.C2H6/c21-22-19(25)13-3-1-2-4-14(13)20(22)15-7-5-11(23)9-17(15)26-18-10-12(24)6-8-16(18)20;1-2/h1-10,23-24H,21H2;1-2H3. The van der Waals surface area contributed by atoms with Gasteiger partial charge in [0.15, 0.2) is 0 Å². The lowest BCUT2D eigenvalue weighted by Crippen LogP contribution is -2.51. The van der Waals surface area contributed by atoms with E-state index < -0.39 is 5.54 Å². The minimum atomic E-state index is -1.10. The second-order valence-electron chi connectivity index (χ2n) is 6.39. The Labute approximate surface area is 162 Å². The molecule has 0 aromatic heterocycles. The number of carbonyl (C=O) groups excluding carboxylic acids is 1. The fraction of sp³-hybridized carbons (Fsp3) is 0.136. The number of phenolic OH excluding ortho intramolecular Hbond substituents is 2. The van der Waals surface area contributed by atoms with Crippen LogP contribution in [0.1, 0.15) is 40.9 Å². The monoisotopic (exact) mass is 376 g/mol. The first-order valence-electron chi connectivity index (χ1n) is 9.07. The summed E-state index contributed by atoms with van der Waals surface area (Å²) in [6.45, 7) is 4.00. The molecule has 3 aromatic rings. The smallest absolute Gasteiger partial charge is 0.269 e. The lowest BCUT2D eigenvalue weighted by molar-refractivity contribution is 0.0665. The van der Waals surface area contributed by atoms with Crippen LogP contribution in [-0.4, -0.2) is 21.1 Å². The predicted octanol–water partition coefficient (Wildman–Crippen LogP) is 3.85. The van der Waals surface area contributed by atoms with Gasteiger partial charge in [0.05, 0.1) is 0 Å². The molecule has 1 spiro atoms. The number of nitrogens with two attached hydrogens (primary N) is 1. The molecule has 0 fully saturated rings. The molecule has 28 heavy (non-hydrogen) atoms. The van der Waals surface area contributed by atoms with E-state index in [1.54, 1.807) is 24.3 Å². The number of nitrogens with zero attached hydrogens (tertiary/aromatic N) is 1. The van der Waals surface area contributed by atoms with E-state index in [1.165, 1.54) is 29.3 Å². The molecular formula is C22H20N2O4. The number of carbonyl (C=O) groups is 1. The second kappa shape index (κ2) is 6.28. The third-order valence-corrected chi connectivity index (χ3v) is 5.06. The average molecular weight is 376 g/mol. The molecule has 0 atom stereocenters. The molecule has 5 rings (SSSR count). The zero-order chi connectivity index (χ0) is 20.1. The minimum absolute atomic E-state index is 0.0312. The van der Waals surface area contributed by atoms with Gasteiger partial charge in [-0.3, -0.25) is 9.80 Å². The third-order valence-electron chi connectivity index (χ3n) is 5.06. The molecule has 0 saturated carbocycles. The number of benzene rings is 3. The molecule has 0 radical (unpaired) electrons. The molecule has 6 nitrogen and oxygen atoms in total. The highest BCUT2D eigenvalue weighted by molar-refractivity contribution is 6.01. The van der Waals surface area contributed by atoms with Crippen molar-refractivity contribution < 1.29 is 19.7 Å². The summed E-state index contributed by atoms with van der Waals surface area (Å²) < 4.78 is 5.91. The van der Waals surface area contributed by atoms with E-state index in [0.29, 0.717) is 28.2 Å². The maximum absolute atomic E-state index is 12.9. The van der Waals surface area contributed by atoms with Gasteiger partial charge in [-0.25, -0.2) is 5.84 Å². The van der Waals surface area contributed by atoms with Gasteiger partial charge >= 0.3 is 0 Å². The van der Waals surface area contributed by atoms with Crippen molar-refractivity contribution in [2.75, 3.05) is 0 Å². The van der Waals surface area contributed by atoms with Gasteiger partial charge in [0, 0.05) is 34.4 Å². The topological polar surface area (TPSA) is 96.0 Å². The predicted molar refractivity (Wildman–Crippen MR) is 104 cm³/mol. The van der Waals surface area contributed by atoms with Crippen LogP contribution in [0.3, 0.4) is 0 Å². The van der Waals surface area contributed by atoms with E-state index in [2.05, 4.69) is 0 Å². The number of rotatable bonds is 0. The number of amides is 1. The summed E-state index contributed by atoms with van der Waals surface area (Å²) in [7, 11) is 0. The molecule has 2 aliphatic rings. The Kier molecular flexibility index (Phi) is 4.01. The van der Waals surface area contributed by atoms with Crippen LogP contribution < -0.4 is 10.6 Å². The van der Waals surface area contributed by atoms with Gasteiger partial charge in [0.1, 0.15) is 28.5 Å². The van der Waals surface area contributed by atoms with E-state index in [9.17, 15) is 15.0 Å². The summed E-state index contributed by atoms with van der Waals surface area (Å²) in [6.07, 6.45) is 0. The second-order valence-corrected chi connectivity index (χ2v) is 6.39. The van der Waals surface area contributed by atoms with Gasteiger partial charge in [0.25, 0.3) is 5.91 Å². The normalized spacial score (nSPS) is 15.1. The molecule has 0 unspecified atom stereocenters. The minimum Gasteiger partial charge on any atom is -0.508 e. The molecule has 4 N–H and O–H groups in total. The van der Waals surface area contributed by atoms with Crippen LogP contribution in [0.25, 0.3) is 0 Å². The Hall–Kier alpha value is -3.51. The van der Waals surface area contributed by atoms with Crippen molar-refractivity contribution in [1.82, 2.24) is 5.01 Å². The molecule has 3 aromatic carbocycles. The average Bonchev–Trinajstić information content (AvgIpc) is 2.92. The number of fused-ring (bicyclic) bond motifs is 6. The fourth-order valence-corrected chi connectivity index (χ4v) is 4.00. The molecule has 0 bridgehead atoms. The molecule has 1 amide bonds. The Morgan fingerprint density at radius 1 is 0.857 bits per heavy atom. The van der Waals surface area contributed by atoms with E-state index in [-0.39, 0.29) is 17.4 Å². The van der Waals surface area contributed by atoms with Crippen LogP contribution in [0.5, 0.6) is 23.0 Å². The highest BCUT2D eigenvalue weighted by Crippen LogP contribution is 2.57. The Balaban J connectivity index is 0.000000932. The lowest BCUT2D eigenvalue weighted by atomic mass is 9.75. The molecular weight excluding hydrogens is 356 g/mol. The first kappa shape index (κ1) is 17.9. The summed E-state index contributed by atoms with van der Waals surface area (Å²) in [5.74, 6) is 6.86. The summed E-state index contributed by atoms with van der Waals surface area (Å²) in [5.41, 5.74) is 1.44. The summed E-state index contributed by atoms with van der Waals surface area (Å²) >= 11 is 0. The summed E-state index contributed by atoms with van der Waals surface area (Å²) in [4.78, 5) is 12.9. The third kappa shape index (κ3) is 2.15. The summed E-state index contributed by atoms with van der Waals surface area (Å²) in [6, 6.07) is 16.7. The van der Waals surface area contributed by atoms with Gasteiger partial charge in [-0.05, 0) is 30.3 Å². The first-order chi connectivity index (χ1) is 13.5. The van der Waals surface area contributed by atoms with Crippen molar-refractivity contribution in [2.45, 2.75) is 19.4 Å². The van der Waals surface area contributed by atoms with Gasteiger partial charge in [0.2, 0.25) is 0 Å². The van der Waals surface area contributed by atoms with Crippen LogP contribution in [0.4, 0.5) is 0 Å². The van der Waals surface area contributed by atoms with Crippen LogP contribution in [0.15, 0.2) is 60.7 Å². The quantitative estimate of drug-likeness (QED) is 0.409. The van der Waals surface area contributed by atoms with Gasteiger partial charge < -0.3 is 14.9 Å². The van der Waals surface area contributed by atoms with E-state index in [4.69, 9.17) is 10.6 Å². The Morgan fingerprint density at radius 2 is 1.39 bits per heavy atom. The summed E-state index contributed by atoms with van der Waals surface area (Å²) in [5, 5.41) is 21.0. The zero-order valence-corrected chi connectivity index (χ0v) is 15.5. The molecule has 0 aliphatic carbocycles. The van der Waals surface area contributed by atoms with Crippen molar-refractivity contribution in [1.29, 1.82) is 0 Å². The van der Waals surface area contributed by atoms with Crippen LogP contribution in [-0.2, 0) is 5.54 Å². The number of ether oxygens (including phenoxy) is 1. The van der Waals surface area contributed by atoms with E-state index >= 15 is 0 Å². The molecule has 2 aliphatic heterocycles. The van der Waals surface area contributed by atoms with E-state index in [0.717, 1.165) is 5.56 Å². The number of phenols is 2. The largest absolute Gasteiger partial charge is 0.508 e. The van der Waals surface area contributed by atoms with Crippen LogP contribution in [0, 0.1) is 0 Å². The Bertz CT molecular complexity index is 1040. The SMILES string of the molecule is CC.NN1C(=O)c2ccccc2C12c1ccc(O)cc1Oc1cc(O)ccc12. The van der Waals surface area contributed by atoms with Crippen molar-refractivity contribution in [3.63, 3.8) is 0 Å². The highest BCUT2D eigenvalue weighted by atomic mass is 16.5. The molecule has 142 valence electrons. The van der Waals surface area contributed by atoms with Crippen LogP contribution >= 0.6 is 0 Å². The lowest BCUT2D eigenvalue weighted by Gasteiger charge is -2.41. The van der Waals surface area contributed by atoms with Crippen molar-refractivity contribution in [3.05, 3.63) is 82.9 Å². The van der Waals surface area contributed by atoms with E-state index in [1.807, 2.05) is 26.0 Å². The van der Waals surface area contributed by atoms with Gasteiger partial charge in [-0.1, -0.05) is 32.0 Å². The molecule has 0 saturated heterocycles. The molecule has 6 heteroatoms. The van der Waals surface area contributed by atoms with Crippen molar-refractivity contribution in [3.8, 4) is 23.0 Å². The first-order valence-corrected chi connectivity index (χ1v) is 9.07. The highest BCUT2D eigenvalue weighted by Gasteiger charge is 2.55.